The van der Waals surface area contributed by atoms with Crippen molar-refractivity contribution in [2.45, 2.75) is 24.9 Å². The van der Waals surface area contributed by atoms with Crippen molar-refractivity contribution in [2.24, 2.45) is 0 Å². The second kappa shape index (κ2) is 8.10. The number of nitrogens with one attached hydrogen (secondary N) is 2. The number of likely N-dealkylation sites (tertiary alicyclic amines) is 1. The topological polar surface area (TPSA) is 82.3 Å². The number of hydrogen-bond acceptors (Lipinski definition) is 4. The van der Waals surface area contributed by atoms with Gasteiger partial charge in [0, 0.05) is 35.2 Å². The van der Waals surface area contributed by atoms with Crippen LogP contribution in [-0.4, -0.2) is 49.5 Å². The van der Waals surface area contributed by atoms with Crippen LogP contribution in [0.1, 0.15) is 34.8 Å². The summed E-state index contributed by atoms with van der Waals surface area (Å²) < 4.78 is 26.1. The molecule has 1 fully saturated rings. The minimum absolute atomic E-state index is 0.0219. The van der Waals surface area contributed by atoms with Crippen LogP contribution in [0, 0.1) is 0 Å². The molecule has 2 N–H and O–H groups in total. The van der Waals surface area contributed by atoms with Crippen LogP contribution >= 0.6 is 0 Å². The SMILES string of the molecule is CS(=O)(=O)NC1CCCN(C(C(=O)c2c[nH]c3ccccc23)c2ccccc2)C1. The van der Waals surface area contributed by atoms with Crippen molar-refractivity contribution < 1.29 is 13.2 Å². The Morgan fingerprint density at radius 1 is 1.14 bits per heavy atom. The monoisotopic (exact) mass is 411 g/mol. The molecule has 1 saturated heterocycles. The van der Waals surface area contributed by atoms with Gasteiger partial charge in [0.2, 0.25) is 10.0 Å². The van der Waals surface area contributed by atoms with Gasteiger partial charge in [0.05, 0.1) is 12.3 Å². The van der Waals surface area contributed by atoms with Crippen LogP contribution in [-0.2, 0) is 10.0 Å². The van der Waals surface area contributed by atoms with Crippen LogP contribution in [0.4, 0.5) is 0 Å². The van der Waals surface area contributed by atoms with Gasteiger partial charge in [0.25, 0.3) is 0 Å². The molecular formula is C22H25N3O3S. The number of piperidine rings is 1. The Kier molecular flexibility index (Phi) is 5.54. The van der Waals surface area contributed by atoms with E-state index in [1.807, 2.05) is 54.6 Å². The Bertz CT molecular complexity index is 1110. The normalized spacial score (nSPS) is 19.3. The lowest BCUT2D eigenvalue weighted by Crippen LogP contribution is -2.49. The maximum absolute atomic E-state index is 13.7. The molecule has 2 atom stereocenters. The van der Waals surface area contributed by atoms with Gasteiger partial charge in [-0.2, -0.15) is 0 Å². The standard InChI is InChI=1S/C22H25N3O3S/c1-29(27,28)24-17-10-7-13-25(15-17)21(16-8-3-2-4-9-16)22(26)19-14-23-20-12-6-5-11-18(19)20/h2-6,8-9,11-12,14,17,21,23-24H,7,10,13,15H2,1H3. The van der Waals surface area contributed by atoms with Gasteiger partial charge >= 0.3 is 0 Å². The fraction of sp³-hybridized carbons (Fsp3) is 0.318. The summed E-state index contributed by atoms with van der Waals surface area (Å²) in [6, 6.07) is 16.8. The Morgan fingerprint density at radius 3 is 2.62 bits per heavy atom. The molecule has 1 aliphatic heterocycles. The molecule has 152 valence electrons. The number of nitrogens with zero attached hydrogens (tertiary/aromatic N) is 1. The van der Waals surface area contributed by atoms with E-state index < -0.39 is 16.1 Å². The molecule has 0 radical (unpaired) electrons. The van der Waals surface area contributed by atoms with Crippen molar-refractivity contribution in [3.8, 4) is 0 Å². The van der Waals surface area contributed by atoms with Crippen LogP contribution in [0.3, 0.4) is 0 Å². The van der Waals surface area contributed by atoms with Gasteiger partial charge in [-0.1, -0.05) is 48.5 Å². The average Bonchev–Trinajstić information content (AvgIpc) is 3.12. The number of H-pyrrole nitrogens is 1. The first-order valence-electron chi connectivity index (χ1n) is 9.79. The number of hydrogen-bond donors (Lipinski definition) is 2. The van der Waals surface area contributed by atoms with E-state index in [9.17, 15) is 13.2 Å². The smallest absolute Gasteiger partial charge is 0.208 e. The first-order chi connectivity index (χ1) is 13.9. The largest absolute Gasteiger partial charge is 0.360 e. The maximum atomic E-state index is 13.7. The number of para-hydroxylation sites is 1. The number of Topliss-reactive ketones (excluding diaryl/α,β-unsaturated/α-hetero) is 1. The number of carbonyl (C=O) groups excluding carboxylic acids is 1. The first kappa shape index (κ1) is 19.8. The Hall–Kier alpha value is -2.48. The third-order valence-electron chi connectivity index (χ3n) is 5.42. The van der Waals surface area contributed by atoms with Crippen molar-refractivity contribution in [2.75, 3.05) is 19.3 Å². The molecule has 0 saturated carbocycles. The quantitative estimate of drug-likeness (QED) is 0.611. The van der Waals surface area contributed by atoms with E-state index in [-0.39, 0.29) is 11.8 Å². The minimum Gasteiger partial charge on any atom is -0.360 e. The summed E-state index contributed by atoms with van der Waals surface area (Å²) in [5, 5.41) is 0.904. The van der Waals surface area contributed by atoms with E-state index in [1.165, 1.54) is 6.26 Å². The van der Waals surface area contributed by atoms with E-state index in [0.29, 0.717) is 12.1 Å². The molecule has 6 nitrogen and oxygen atoms in total. The minimum atomic E-state index is -3.30. The second-order valence-corrected chi connectivity index (χ2v) is 9.43. The summed E-state index contributed by atoms with van der Waals surface area (Å²) in [4.78, 5) is 19.0. The fourth-order valence-electron chi connectivity index (χ4n) is 4.23. The van der Waals surface area contributed by atoms with Crippen LogP contribution in [0.2, 0.25) is 0 Å². The third-order valence-corrected chi connectivity index (χ3v) is 6.18. The van der Waals surface area contributed by atoms with Crippen molar-refractivity contribution in [3.05, 3.63) is 71.9 Å². The summed E-state index contributed by atoms with van der Waals surface area (Å²) in [7, 11) is -3.30. The highest BCUT2D eigenvalue weighted by Gasteiger charge is 2.33. The summed E-state index contributed by atoms with van der Waals surface area (Å²) in [5.41, 5.74) is 2.51. The lowest BCUT2D eigenvalue weighted by atomic mass is 9.93. The zero-order valence-corrected chi connectivity index (χ0v) is 17.2. The molecule has 3 aromatic rings. The number of ketones is 1. The Morgan fingerprint density at radius 2 is 1.86 bits per heavy atom. The van der Waals surface area contributed by atoms with Crippen molar-refractivity contribution in [1.82, 2.24) is 14.6 Å². The molecule has 29 heavy (non-hydrogen) atoms. The zero-order chi connectivity index (χ0) is 20.4. The third kappa shape index (κ3) is 4.42. The number of sulfonamides is 1. The van der Waals surface area contributed by atoms with Crippen molar-refractivity contribution in [1.29, 1.82) is 0 Å². The predicted molar refractivity (Wildman–Crippen MR) is 114 cm³/mol. The van der Waals surface area contributed by atoms with Gasteiger partial charge in [0.15, 0.2) is 5.78 Å². The van der Waals surface area contributed by atoms with E-state index in [0.717, 1.165) is 35.9 Å². The summed E-state index contributed by atoms with van der Waals surface area (Å²) >= 11 is 0. The molecule has 0 bridgehead atoms. The van der Waals surface area contributed by atoms with Crippen molar-refractivity contribution in [3.63, 3.8) is 0 Å². The molecule has 0 spiro atoms. The number of aromatic nitrogens is 1. The molecule has 2 aromatic carbocycles. The van der Waals surface area contributed by atoms with E-state index >= 15 is 0 Å². The molecule has 2 unspecified atom stereocenters. The zero-order valence-electron chi connectivity index (χ0n) is 16.3. The predicted octanol–water partition coefficient (Wildman–Crippen LogP) is 3.11. The Balaban J connectivity index is 1.70. The van der Waals surface area contributed by atoms with Gasteiger partial charge in [0.1, 0.15) is 0 Å². The van der Waals surface area contributed by atoms with Gasteiger partial charge < -0.3 is 4.98 Å². The van der Waals surface area contributed by atoms with E-state index in [4.69, 9.17) is 0 Å². The molecular weight excluding hydrogens is 386 g/mol. The van der Waals surface area contributed by atoms with Gasteiger partial charge in [-0.25, -0.2) is 13.1 Å². The van der Waals surface area contributed by atoms with Crippen LogP contribution in [0.5, 0.6) is 0 Å². The average molecular weight is 412 g/mol. The highest BCUT2D eigenvalue weighted by atomic mass is 32.2. The van der Waals surface area contributed by atoms with Crippen LogP contribution in [0.15, 0.2) is 60.8 Å². The van der Waals surface area contributed by atoms with Crippen LogP contribution < -0.4 is 4.72 Å². The summed E-state index contributed by atoms with van der Waals surface area (Å²) in [6.07, 6.45) is 4.56. The lowest BCUT2D eigenvalue weighted by Gasteiger charge is -2.37. The molecule has 2 heterocycles. The highest BCUT2D eigenvalue weighted by molar-refractivity contribution is 7.88. The van der Waals surface area contributed by atoms with E-state index in [2.05, 4.69) is 14.6 Å². The number of benzene rings is 2. The van der Waals surface area contributed by atoms with Crippen molar-refractivity contribution >= 4 is 26.7 Å². The lowest BCUT2D eigenvalue weighted by molar-refractivity contribution is 0.0761. The molecule has 1 aliphatic rings. The first-order valence-corrected chi connectivity index (χ1v) is 11.7. The van der Waals surface area contributed by atoms with Gasteiger partial charge in [-0.05, 0) is 31.0 Å². The molecule has 1 aromatic heterocycles. The van der Waals surface area contributed by atoms with Gasteiger partial charge in [-0.15, -0.1) is 0 Å². The number of fused-ring (bicyclic) bond motifs is 1. The van der Waals surface area contributed by atoms with E-state index in [1.54, 1.807) is 6.20 Å². The number of aromatic amines is 1. The van der Waals surface area contributed by atoms with Gasteiger partial charge in [-0.3, -0.25) is 9.69 Å². The number of carbonyl (C=O) groups is 1. The molecule has 0 aliphatic carbocycles. The highest BCUT2D eigenvalue weighted by Crippen LogP contribution is 2.31. The fourth-order valence-corrected chi connectivity index (χ4v) is 5.02. The summed E-state index contributed by atoms with van der Waals surface area (Å²) in [5.74, 6) is 0.0219. The maximum Gasteiger partial charge on any atom is 0.208 e. The number of rotatable bonds is 6. The second-order valence-electron chi connectivity index (χ2n) is 7.65. The molecule has 7 heteroatoms. The molecule has 0 amide bonds. The Labute approximate surface area is 171 Å². The molecule has 4 rings (SSSR count). The van der Waals surface area contributed by atoms with Crippen LogP contribution in [0.25, 0.3) is 10.9 Å². The summed E-state index contributed by atoms with van der Waals surface area (Å²) in [6.45, 7) is 1.25.